The maximum Gasteiger partial charge on any atom is 0.341 e. The number of fused-ring (bicyclic) bond motifs is 2. The Labute approximate surface area is 171 Å². The minimum absolute atomic E-state index is 0.000800. The maximum atomic E-state index is 12.3. The van der Waals surface area contributed by atoms with E-state index in [9.17, 15) is 19.8 Å². The fourth-order valence-corrected chi connectivity index (χ4v) is 3.64. The lowest BCUT2D eigenvalue weighted by molar-refractivity contribution is -0.131. The largest absolute Gasteiger partial charge is 0.507 e. The number of methoxy groups -OCH3 is 1. The summed E-state index contributed by atoms with van der Waals surface area (Å²) in [5.41, 5.74) is 0.678. The number of phenolic OH excluding ortho intramolecular Hbond substituents is 2. The van der Waals surface area contributed by atoms with E-state index in [-0.39, 0.29) is 17.1 Å². The van der Waals surface area contributed by atoms with Gasteiger partial charge >= 0.3 is 11.9 Å². The van der Waals surface area contributed by atoms with Crippen molar-refractivity contribution in [2.24, 2.45) is 0 Å². The molecular weight excluding hydrogens is 384 g/mol. The summed E-state index contributed by atoms with van der Waals surface area (Å²) >= 11 is 0. The average molecular weight is 402 g/mol. The summed E-state index contributed by atoms with van der Waals surface area (Å²) in [5.74, 6) is -1.11. The molecule has 2 N–H and O–H groups in total. The molecule has 0 heterocycles. The van der Waals surface area contributed by atoms with Crippen molar-refractivity contribution in [3.8, 4) is 28.4 Å². The van der Waals surface area contributed by atoms with Gasteiger partial charge in [-0.05, 0) is 51.9 Å². The first kappa shape index (κ1) is 19.3. The number of hydrogen-bond donors (Lipinski definition) is 2. The van der Waals surface area contributed by atoms with Gasteiger partial charge in [0.15, 0.2) is 0 Å². The molecule has 0 aliphatic heterocycles. The summed E-state index contributed by atoms with van der Waals surface area (Å²) < 4.78 is 9.96. The van der Waals surface area contributed by atoms with Crippen LogP contribution in [0.2, 0.25) is 0 Å². The van der Waals surface area contributed by atoms with Crippen molar-refractivity contribution in [3.63, 3.8) is 0 Å². The molecule has 0 aliphatic rings. The molecule has 0 unspecified atom stereocenters. The quantitative estimate of drug-likeness (QED) is 0.378. The van der Waals surface area contributed by atoms with E-state index < -0.39 is 11.9 Å². The Bertz CT molecular complexity index is 1320. The molecule has 0 spiro atoms. The number of carbonyl (C=O) groups excluding carboxylic acids is 2. The van der Waals surface area contributed by atoms with Gasteiger partial charge in [-0.1, -0.05) is 30.3 Å². The van der Waals surface area contributed by atoms with Crippen LogP contribution in [-0.2, 0) is 9.53 Å². The molecule has 150 valence electrons. The second-order valence-electron chi connectivity index (χ2n) is 6.80. The van der Waals surface area contributed by atoms with Gasteiger partial charge in [0.2, 0.25) is 0 Å². The number of aromatic hydroxyl groups is 2. The van der Waals surface area contributed by atoms with Crippen LogP contribution >= 0.6 is 0 Å². The Morgan fingerprint density at radius 2 is 1.53 bits per heavy atom. The van der Waals surface area contributed by atoms with Gasteiger partial charge in [-0.15, -0.1) is 0 Å². The van der Waals surface area contributed by atoms with Gasteiger partial charge in [-0.2, -0.15) is 0 Å². The van der Waals surface area contributed by atoms with Crippen molar-refractivity contribution in [2.75, 3.05) is 7.11 Å². The van der Waals surface area contributed by atoms with Crippen molar-refractivity contribution in [1.82, 2.24) is 0 Å². The minimum atomic E-state index is -0.684. The lowest BCUT2D eigenvalue weighted by Gasteiger charge is -2.16. The third-order valence-corrected chi connectivity index (χ3v) is 4.91. The van der Waals surface area contributed by atoms with Gasteiger partial charge in [0.1, 0.15) is 22.8 Å². The highest BCUT2D eigenvalue weighted by molar-refractivity contribution is 6.13. The average Bonchev–Trinajstić information content (AvgIpc) is 2.73. The fraction of sp³-hybridized carbons (Fsp3) is 0.0833. The summed E-state index contributed by atoms with van der Waals surface area (Å²) in [7, 11) is 1.24. The molecule has 0 saturated carbocycles. The topological polar surface area (TPSA) is 93.1 Å². The number of phenols is 2. The van der Waals surface area contributed by atoms with Gasteiger partial charge < -0.3 is 19.7 Å². The van der Waals surface area contributed by atoms with Crippen LogP contribution in [-0.4, -0.2) is 29.3 Å². The molecule has 0 saturated heterocycles. The number of hydrogen-bond acceptors (Lipinski definition) is 6. The normalized spacial score (nSPS) is 10.9. The molecule has 0 aliphatic carbocycles. The molecule has 0 bridgehead atoms. The number of ether oxygens (including phenoxy) is 2. The first-order chi connectivity index (χ1) is 14.4. The molecule has 0 amide bonds. The third kappa shape index (κ3) is 3.18. The molecular formula is C24H18O6. The van der Waals surface area contributed by atoms with Crippen LogP contribution < -0.4 is 4.74 Å². The first-order valence-electron chi connectivity index (χ1n) is 9.18. The summed E-state index contributed by atoms with van der Waals surface area (Å²) in [5, 5.41) is 24.4. The Morgan fingerprint density at radius 3 is 2.27 bits per heavy atom. The van der Waals surface area contributed by atoms with E-state index >= 15 is 0 Å². The Hall–Kier alpha value is -4.06. The smallest absolute Gasteiger partial charge is 0.341 e. The van der Waals surface area contributed by atoms with Crippen LogP contribution in [0.25, 0.3) is 32.7 Å². The Morgan fingerprint density at radius 1 is 0.833 bits per heavy atom. The molecule has 4 aromatic rings. The van der Waals surface area contributed by atoms with E-state index in [1.807, 2.05) is 18.2 Å². The maximum absolute atomic E-state index is 12.3. The zero-order valence-electron chi connectivity index (χ0n) is 16.3. The molecule has 6 heteroatoms. The van der Waals surface area contributed by atoms with E-state index in [2.05, 4.69) is 0 Å². The summed E-state index contributed by atoms with van der Waals surface area (Å²) in [6.45, 7) is 1.31. The zero-order chi connectivity index (χ0) is 21.4. The fourth-order valence-electron chi connectivity index (χ4n) is 3.64. The number of benzene rings is 4. The molecule has 4 rings (SSSR count). The van der Waals surface area contributed by atoms with Crippen LogP contribution in [0.3, 0.4) is 0 Å². The highest BCUT2D eigenvalue weighted by atomic mass is 16.5. The van der Waals surface area contributed by atoms with Gasteiger partial charge in [-0.25, -0.2) is 4.79 Å². The Kier molecular flexibility index (Phi) is 4.75. The van der Waals surface area contributed by atoms with Crippen molar-refractivity contribution in [1.29, 1.82) is 0 Å². The second-order valence-corrected chi connectivity index (χ2v) is 6.80. The van der Waals surface area contributed by atoms with Crippen LogP contribution in [0.15, 0.2) is 60.7 Å². The van der Waals surface area contributed by atoms with Crippen molar-refractivity contribution in [2.45, 2.75) is 6.92 Å². The standard InChI is InChI=1S/C24H18O6/c1-13(25)30-16-8-9-18-15(11-16)7-10-20(26)21(18)22-17-6-4-3-5-14(17)12-19(23(22)27)24(28)29-2/h3-12,26-27H,1-2H3. The lowest BCUT2D eigenvalue weighted by Crippen LogP contribution is -2.03. The van der Waals surface area contributed by atoms with Crippen molar-refractivity contribution < 1.29 is 29.3 Å². The van der Waals surface area contributed by atoms with Gasteiger partial charge in [0.25, 0.3) is 0 Å². The monoisotopic (exact) mass is 402 g/mol. The van der Waals surface area contributed by atoms with Crippen LogP contribution in [0, 0.1) is 0 Å². The summed E-state index contributed by atoms with van der Waals surface area (Å²) in [4.78, 5) is 23.5. The molecule has 6 nitrogen and oxygen atoms in total. The molecule has 4 aromatic carbocycles. The van der Waals surface area contributed by atoms with E-state index in [0.717, 1.165) is 0 Å². The predicted molar refractivity (Wildman–Crippen MR) is 113 cm³/mol. The zero-order valence-corrected chi connectivity index (χ0v) is 16.3. The highest BCUT2D eigenvalue weighted by Gasteiger charge is 2.23. The summed E-state index contributed by atoms with van der Waals surface area (Å²) in [6.07, 6.45) is 0. The number of esters is 2. The SMILES string of the molecule is COC(=O)c1cc2ccccc2c(-c2c(O)ccc3cc(OC(C)=O)ccc23)c1O. The van der Waals surface area contributed by atoms with Crippen LogP contribution in [0.4, 0.5) is 0 Å². The lowest BCUT2D eigenvalue weighted by atomic mass is 9.90. The second kappa shape index (κ2) is 7.40. The molecule has 0 radical (unpaired) electrons. The first-order valence-corrected chi connectivity index (χ1v) is 9.18. The molecule has 30 heavy (non-hydrogen) atoms. The van der Waals surface area contributed by atoms with Gasteiger partial charge in [-0.3, -0.25) is 4.79 Å². The third-order valence-electron chi connectivity index (χ3n) is 4.91. The number of rotatable bonds is 3. The van der Waals surface area contributed by atoms with E-state index in [1.54, 1.807) is 36.4 Å². The summed E-state index contributed by atoms with van der Waals surface area (Å²) in [6, 6.07) is 17.0. The predicted octanol–water partition coefficient (Wildman–Crippen LogP) is 4.78. The number of carbonyl (C=O) groups is 2. The van der Waals surface area contributed by atoms with E-state index in [1.165, 1.54) is 20.1 Å². The van der Waals surface area contributed by atoms with Gasteiger partial charge in [0, 0.05) is 18.1 Å². The highest BCUT2D eigenvalue weighted by Crippen LogP contribution is 2.46. The van der Waals surface area contributed by atoms with Crippen LogP contribution in [0.5, 0.6) is 17.2 Å². The van der Waals surface area contributed by atoms with E-state index in [4.69, 9.17) is 9.47 Å². The molecule has 0 atom stereocenters. The van der Waals surface area contributed by atoms with Crippen molar-refractivity contribution >= 4 is 33.5 Å². The van der Waals surface area contributed by atoms with Crippen molar-refractivity contribution in [3.05, 3.63) is 66.2 Å². The van der Waals surface area contributed by atoms with E-state index in [0.29, 0.717) is 38.4 Å². The van der Waals surface area contributed by atoms with Crippen LogP contribution in [0.1, 0.15) is 17.3 Å². The molecule has 0 fully saturated rings. The minimum Gasteiger partial charge on any atom is -0.507 e. The molecule has 0 aromatic heterocycles. The van der Waals surface area contributed by atoms with Gasteiger partial charge in [0.05, 0.1) is 7.11 Å². The Balaban J connectivity index is 2.09.